The molecule has 0 aliphatic heterocycles. The molecule has 0 spiro atoms. The Hall–Kier alpha value is -2.76. The van der Waals surface area contributed by atoms with Crippen LogP contribution in [0.5, 0.6) is 0 Å². The van der Waals surface area contributed by atoms with Crippen LogP contribution in [0.2, 0.25) is 0 Å². The average molecular weight is 361 g/mol. The van der Waals surface area contributed by atoms with Crippen molar-refractivity contribution in [2.75, 3.05) is 12.8 Å². The molecule has 136 valence electrons. The Morgan fingerprint density at radius 1 is 1.23 bits per heavy atom. The van der Waals surface area contributed by atoms with E-state index in [9.17, 15) is 18.0 Å². The van der Waals surface area contributed by atoms with Crippen LogP contribution in [0.3, 0.4) is 0 Å². The molecule has 0 fully saturated rings. The van der Waals surface area contributed by atoms with E-state index in [-0.39, 0.29) is 16.8 Å². The van der Waals surface area contributed by atoms with E-state index < -0.39 is 23.6 Å². The molecule has 26 heavy (non-hydrogen) atoms. The number of methoxy groups -OCH3 is 1. The minimum atomic E-state index is -4.59. The third kappa shape index (κ3) is 2.96. The number of allylic oxidation sites excluding steroid dienone is 1. The fourth-order valence-electron chi connectivity index (χ4n) is 3.33. The van der Waals surface area contributed by atoms with E-state index in [0.717, 1.165) is 42.4 Å². The van der Waals surface area contributed by atoms with E-state index in [1.165, 1.54) is 0 Å². The standard InChI is InChI=1S/C20H18F3NO2/c1-3-11-4-6-13-12(10-11)5-7-14(13)17-16(20(21,22)23)9-8-15(18(17)24)19(25)26-2/h4-10,14H,3,24H2,1-2H3. The molecule has 3 nitrogen and oxygen atoms in total. The van der Waals surface area contributed by atoms with Crippen molar-refractivity contribution in [2.45, 2.75) is 25.4 Å². The number of aryl methyl sites for hydroxylation is 1. The lowest BCUT2D eigenvalue weighted by Gasteiger charge is -2.22. The summed E-state index contributed by atoms with van der Waals surface area (Å²) in [5.41, 5.74) is 7.50. The number of anilines is 1. The van der Waals surface area contributed by atoms with Crippen LogP contribution in [0.4, 0.5) is 18.9 Å². The fourth-order valence-corrected chi connectivity index (χ4v) is 3.33. The van der Waals surface area contributed by atoms with Crippen LogP contribution in [0, 0.1) is 0 Å². The Morgan fingerprint density at radius 3 is 2.58 bits per heavy atom. The van der Waals surface area contributed by atoms with Gasteiger partial charge >= 0.3 is 12.1 Å². The number of ether oxygens (including phenoxy) is 1. The molecule has 1 aliphatic rings. The van der Waals surface area contributed by atoms with Crippen molar-refractivity contribution in [2.24, 2.45) is 0 Å². The zero-order chi connectivity index (χ0) is 19.1. The molecule has 0 saturated heterocycles. The molecule has 0 saturated carbocycles. The number of rotatable bonds is 3. The molecule has 0 bridgehead atoms. The summed E-state index contributed by atoms with van der Waals surface area (Å²) < 4.78 is 45.4. The minimum absolute atomic E-state index is 0.0671. The summed E-state index contributed by atoms with van der Waals surface area (Å²) in [6, 6.07) is 7.63. The summed E-state index contributed by atoms with van der Waals surface area (Å²) >= 11 is 0. The minimum Gasteiger partial charge on any atom is -0.465 e. The summed E-state index contributed by atoms with van der Waals surface area (Å²) in [4.78, 5) is 11.9. The van der Waals surface area contributed by atoms with Crippen LogP contribution < -0.4 is 5.73 Å². The highest BCUT2D eigenvalue weighted by molar-refractivity contribution is 5.96. The SMILES string of the molecule is CCc1ccc2c(c1)C=CC2c1c(C(F)(F)F)ccc(C(=O)OC)c1N. The maximum absolute atomic E-state index is 13.6. The lowest BCUT2D eigenvalue weighted by molar-refractivity contribution is -0.138. The second kappa shape index (κ2) is 6.52. The summed E-state index contributed by atoms with van der Waals surface area (Å²) in [6.45, 7) is 2.01. The van der Waals surface area contributed by atoms with Crippen molar-refractivity contribution in [1.82, 2.24) is 0 Å². The molecule has 0 radical (unpaired) electrons. The molecule has 0 amide bonds. The fraction of sp³-hybridized carbons (Fsp3) is 0.250. The van der Waals surface area contributed by atoms with Gasteiger partial charge in [0.2, 0.25) is 0 Å². The monoisotopic (exact) mass is 361 g/mol. The number of alkyl halides is 3. The lowest BCUT2D eigenvalue weighted by atomic mass is 9.86. The van der Waals surface area contributed by atoms with E-state index >= 15 is 0 Å². The molecule has 1 unspecified atom stereocenters. The Morgan fingerprint density at radius 2 is 1.96 bits per heavy atom. The number of esters is 1. The lowest BCUT2D eigenvalue weighted by Crippen LogP contribution is -2.17. The zero-order valence-electron chi connectivity index (χ0n) is 14.4. The van der Waals surface area contributed by atoms with Crippen molar-refractivity contribution >= 4 is 17.7 Å². The van der Waals surface area contributed by atoms with Crippen LogP contribution >= 0.6 is 0 Å². The van der Waals surface area contributed by atoms with Crippen molar-refractivity contribution in [3.63, 3.8) is 0 Å². The van der Waals surface area contributed by atoms with Crippen molar-refractivity contribution in [3.8, 4) is 0 Å². The largest absolute Gasteiger partial charge is 0.465 e. The van der Waals surface area contributed by atoms with Crippen molar-refractivity contribution in [1.29, 1.82) is 0 Å². The molecule has 1 aliphatic carbocycles. The number of benzene rings is 2. The van der Waals surface area contributed by atoms with Gasteiger partial charge in [-0.05, 0) is 40.8 Å². The number of nitrogens with two attached hydrogens (primary N) is 1. The first-order chi connectivity index (χ1) is 12.3. The molecule has 3 rings (SSSR count). The molecule has 0 heterocycles. The first-order valence-corrected chi connectivity index (χ1v) is 8.16. The number of halogens is 3. The van der Waals surface area contributed by atoms with Crippen LogP contribution in [-0.4, -0.2) is 13.1 Å². The maximum atomic E-state index is 13.6. The van der Waals surface area contributed by atoms with Gasteiger partial charge in [-0.2, -0.15) is 13.2 Å². The Labute approximate surface area is 149 Å². The number of hydrogen-bond acceptors (Lipinski definition) is 3. The van der Waals surface area contributed by atoms with Gasteiger partial charge in [0, 0.05) is 5.92 Å². The summed E-state index contributed by atoms with van der Waals surface area (Å²) in [5, 5.41) is 0. The summed E-state index contributed by atoms with van der Waals surface area (Å²) in [7, 11) is 1.16. The second-order valence-electron chi connectivity index (χ2n) is 6.13. The molecule has 2 N–H and O–H groups in total. The Bertz CT molecular complexity index is 901. The molecule has 1 atom stereocenters. The first-order valence-electron chi connectivity index (χ1n) is 8.16. The van der Waals surface area contributed by atoms with E-state index in [4.69, 9.17) is 5.73 Å². The van der Waals surface area contributed by atoms with E-state index in [2.05, 4.69) is 4.74 Å². The molecule has 2 aromatic carbocycles. The van der Waals surface area contributed by atoms with Crippen molar-refractivity contribution < 1.29 is 22.7 Å². The van der Waals surface area contributed by atoms with Crippen LogP contribution in [0.15, 0.2) is 36.4 Å². The van der Waals surface area contributed by atoms with Gasteiger partial charge in [0.1, 0.15) is 0 Å². The maximum Gasteiger partial charge on any atom is 0.416 e. The highest BCUT2D eigenvalue weighted by atomic mass is 19.4. The third-order valence-electron chi connectivity index (χ3n) is 4.67. The molecule has 0 aromatic heterocycles. The highest BCUT2D eigenvalue weighted by Gasteiger charge is 2.38. The molecular weight excluding hydrogens is 343 g/mol. The van der Waals surface area contributed by atoms with E-state index in [0.29, 0.717) is 0 Å². The quantitative estimate of drug-likeness (QED) is 0.631. The van der Waals surface area contributed by atoms with Crippen molar-refractivity contribution in [3.05, 3.63) is 69.8 Å². The topological polar surface area (TPSA) is 52.3 Å². The second-order valence-corrected chi connectivity index (χ2v) is 6.13. The zero-order valence-corrected chi connectivity index (χ0v) is 14.4. The van der Waals surface area contributed by atoms with E-state index in [1.54, 1.807) is 12.2 Å². The molecule has 2 aromatic rings. The van der Waals surface area contributed by atoms with Gasteiger partial charge in [-0.25, -0.2) is 4.79 Å². The van der Waals surface area contributed by atoms with E-state index in [1.807, 2.05) is 25.1 Å². The van der Waals surface area contributed by atoms with Gasteiger partial charge in [0.25, 0.3) is 0 Å². The molecule has 6 heteroatoms. The summed E-state index contributed by atoms with van der Waals surface area (Å²) in [6.07, 6.45) is -0.271. The molecular formula is C20H18F3NO2. The number of carbonyl (C=O) groups is 1. The number of nitrogen functional groups attached to an aromatic ring is 1. The van der Waals surface area contributed by atoms with Crippen LogP contribution in [-0.2, 0) is 17.3 Å². The highest BCUT2D eigenvalue weighted by Crippen LogP contribution is 2.45. The van der Waals surface area contributed by atoms with Gasteiger partial charge in [-0.15, -0.1) is 0 Å². The third-order valence-corrected chi connectivity index (χ3v) is 4.67. The van der Waals surface area contributed by atoms with Gasteiger partial charge < -0.3 is 10.5 Å². The Kier molecular flexibility index (Phi) is 4.52. The number of hydrogen-bond donors (Lipinski definition) is 1. The van der Waals surface area contributed by atoms with Gasteiger partial charge in [0.05, 0.1) is 23.9 Å². The smallest absolute Gasteiger partial charge is 0.416 e. The predicted octanol–water partition coefficient (Wildman–Crippen LogP) is 4.80. The number of carbonyl (C=O) groups excluding carboxylic acids is 1. The summed E-state index contributed by atoms with van der Waals surface area (Å²) in [5.74, 6) is -1.43. The Balaban J connectivity index is 2.22. The predicted molar refractivity (Wildman–Crippen MR) is 93.9 cm³/mol. The van der Waals surface area contributed by atoms with Crippen LogP contribution in [0.1, 0.15) is 51.0 Å². The average Bonchev–Trinajstić information content (AvgIpc) is 3.02. The van der Waals surface area contributed by atoms with Crippen LogP contribution in [0.25, 0.3) is 6.08 Å². The van der Waals surface area contributed by atoms with Gasteiger partial charge in [-0.1, -0.05) is 37.3 Å². The normalized spacial score (nSPS) is 15.8. The number of fused-ring (bicyclic) bond motifs is 1. The van der Waals surface area contributed by atoms with Gasteiger partial charge in [0.15, 0.2) is 0 Å². The first kappa shape index (κ1) is 18.0. The van der Waals surface area contributed by atoms with Gasteiger partial charge in [-0.3, -0.25) is 0 Å².